The van der Waals surface area contributed by atoms with E-state index in [1.807, 2.05) is 0 Å². The molecule has 0 bridgehead atoms. The van der Waals surface area contributed by atoms with Gasteiger partial charge in [-0.15, -0.1) is 11.3 Å². The molecule has 1 amide bonds. The fourth-order valence-electron chi connectivity index (χ4n) is 1.89. The summed E-state index contributed by atoms with van der Waals surface area (Å²) in [7, 11) is -3.54. The second-order valence-corrected chi connectivity index (χ2v) is 8.43. The van der Waals surface area contributed by atoms with Gasteiger partial charge in [0.2, 0.25) is 20.1 Å². The molecule has 1 heterocycles. The molecule has 112 valence electrons. The Morgan fingerprint density at radius 3 is 2.90 bits per heavy atom. The lowest BCUT2D eigenvalue weighted by atomic mass is 10.3. The van der Waals surface area contributed by atoms with E-state index >= 15 is 0 Å². The Labute approximate surface area is 126 Å². The number of anilines is 1. The number of hydrogen-bond acceptors (Lipinski definition) is 6. The molecule has 21 heavy (non-hydrogen) atoms. The van der Waals surface area contributed by atoms with E-state index < -0.39 is 9.84 Å². The van der Waals surface area contributed by atoms with Gasteiger partial charge in [-0.3, -0.25) is 4.79 Å². The summed E-state index contributed by atoms with van der Waals surface area (Å²) in [4.78, 5) is 15.7. The van der Waals surface area contributed by atoms with Crippen LogP contribution in [-0.4, -0.2) is 31.1 Å². The average Bonchev–Trinajstić information content (AvgIpc) is 3.12. The van der Waals surface area contributed by atoms with Crippen LogP contribution in [0.4, 0.5) is 5.69 Å². The van der Waals surface area contributed by atoms with Gasteiger partial charge in [-0.05, 0) is 31.0 Å². The van der Waals surface area contributed by atoms with Crippen LogP contribution in [0.5, 0.6) is 0 Å². The maximum atomic E-state index is 12.2. The van der Waals surface area contributed by atoms with Crippen molar-refractivity contribution in [3.63, 3.8) is 0 Å². The molecule has 1 saturated carbocycles. The molecule has 0 atom stereocenters. The summed E-state index contributed by atoms with van der Waals surface area (Å²) in [6, 6.07) is 5.32. The van der Waals surface area contributed by atoms with E-state index in [0.717, 1.165) is 28.9 Å². The van der Waals surface area contributed by atoms with E-state index in [1.54, 1.807) is 18.2 Å². The Hall–Kier alpha value is -1.67. The monoisotopic (exact) mass is 325 g/mol. The van der Waals surface area contributed by atoms with Crippen LogP contribution in [0.15, 0.2) is 22.5 Å². The van der Waals surface area contributed by atoms with Crippen molar-refractivity contribution in [3.8, 4) is 0 Å². The SMILES string of the molecule is Nc1ccc2nc(S(=O)(=O)CCC(=O)NC3CC3)sc2c1. The normalized spacial score (nSPS) is 15.2. The minimum Gasteiger partial charge on any atom is -0.399 e. The molecule has 0 unspecified atom stereocenters. The highest BCUT2D eigenvalue weighted by Crippen LogP contribution is 2.28. The first-order valence-corrected chi connectivity index (χ1v) is 9.09. The molecular weight excluding hydrogens is 310 g/mol. The van der Waals surface area contributed by atoms with Gasteiger partial charge in [0.25, 0.3) is 0 Å². The van der Waals surface area contributed by atoms with Crippen LogP contribution in [0.2, 0.25) is 0 Å². The van der Waals surface area contributed by atoms with E-state index in [4.69, 9.17) is 5.73 Å². The van der Waals surface area contributed by atoms with Crippen molar-refractivity contribution in [3.05, 3.63) is 18.2 Å². The van der Waals surface area contributed by atoms with E-state index in [9.17, 15) is 13.2 Å². The maximum Gasteiger partial charge on any atom is 0.221 e. The van der Waals surface area contributed by atoms with Gasteiger partial charge in [-0.1, -0.05) is 0 Å². The fraction of sp³-hybridized carbons (Fsp3) is 0.385. The highest BCUT2D eigenvalue weighted by molar-refractivity contribution is 7.93. The number of nitrogens with one attached hydrogen (secondary N) is 1. The Morgan fingerprint density at radius 1 is 1.43 bits per heavy atom. The fourth-order valence-corrected chi connectivity index (χ4v) is 4.53. The number of carbonyl (C=O) groups excluding carboxylic acids is 1. The Morgan fingerprint density at radius 2 is 2.19 bits per heavy atom. The third-order valence-electron chi connectivity index (χ3n) is 3.20. The van der Waals surface area contributed by atoms with Gasteiger partial charge in [0.1, 0.15) is 0 Å². The molecule has 1 aromatic heterocycles. The second-order valence-electron chi connectivity index (χ2n) is 5.12. The van der Waals surface area contributed by atoms with Gasteiger partial charge in [-0.2, -0.15) is 0 Å². The predicted octanol–water partition coefficient (Wildman–Crippen LogP) is 1.32. The summed E-state index contributed by atoms with van der Waals surface area (Å²) in [5.74, 6) is -0.438. The number of hydrogen-bond donors (Lipinski definition) is 2. The first kappa shape index (κ1) is 14.3. The molecule has 6 nitrogen and oxygen atoms in total. The lowest BCUT2D eigenvalue weighted by Gasteiger charge is -2.02. The first-order valence-electron chi connectivity index (χ1n) is 6.62. The van der Waals surface area contributed by atoms with Crippen LogP contribution >= 0.6 is 11.3 Å². The Bertz CT molecular complexity index is 794. The van der Waals surface area contributed by atoms with E-state index in [0.29, 0.717) is 11.2 Å². The zero-order valence-corrected chi connectivity index (χ0v) is 12.8. The number of nitrogens with two attached hydrogens (primary N) is 1. The molecule has 8 heteroatoms. The number of nitrogen functional groups attached to an aromatic ring is 1. The number of benzene rings is 1. The van der Waals surface area contributed by atoms with Crippen molar-refractivity contribution in [2.45, 2.75) is 29.6 Å². The van der Waals surface area contributed by atoms with Gasteiger partial charge in [-0.25, -0.2) is 13.4 Å². The second kappa shape index (κ2) is 5.27. The third-order valence-corrected chi connectivity index (χ3v) is 6.39. The maximum absolute atomic E-state index is 12.2. The molecule has 1 aliphatic rings. The molecule has 0 spiro atoms. The molecule has 2 aromatic rings. The average molecular weight is 325 g/mol. The summed E-state index contributed by atoms with van der Waals surface area (Å²) in [5, 5.41) is 2.78. The summed E-state index contributed by atoms with van der Waals surface area (Å²) in [5.41, 5.74) is 6.84. The first-order chi connectivity index (χ1) is 9.94. The van der Waals surface area contributed by atoms with Crippen LogP contribution in [-0.2, 0) is 14.6 Å². The standard InChI is InChI=1S/C13H15N3O3S2/c14-8-1-4-10-11(7-8)20-13(16-10)21(18,19)6-5-12(17)15-9-2-3-9/h1,4,7,9H,2-3,5-6,14H2,(H,15,17). The molecule has 0 saturated heterocycles. The highest BCUT2D eigenvalue weighted by Gasteiger charge is 2.25. The van der Waals surface area contributed by atoms with Crippen molar-refractivity contribution in [2.75, 3.05) is 11.5 Å². The molecular formula is C13H15N3O3S2. The van der Waals surface area contributed by atoms with Gasteiger partial charge < -0.3 is 11.1 Å². The lowest BCUT2D eigenvalue weighted by Crippen LogP contribution is -2.27. The van der Waals surface area contributed by atoms with Gasteiger partial charge in [0.15, 0.2) is 0 Å². The quantitative estimate of drug-likeness (QED) is 0.807. The lowest BCUT2D eigenvalue weighted by molar-refractivity contribution is -0.120. The van der Waals surface area contributed by atoms with Crippen molar-refractivity contribution < 1.29 is 13.2 Å². The Balaban J connectivity index is 1.74. The largest absolute Gasteiger partial charge is 0.399 e. The number of amides is 1. The van der Waals surface area contributed by atoms with Crippen molar-refractivity contribution >= 4 is 43.0 Å². The number of nitrogens with zero attached hydrogens (tertiary/aromatic N) is 1. The van der Waals surface area contributed by atoms with Crippen LogP contribution in [0.1, 0.15) is 19.3 Å². The van der Waals surface area contributed by atoms with Crippen molar-refractivity contribution in [2.24, 2.45) is 0 Å². The van der Waals surface area contributed by atoms with Gasteiger partial charge >= 0.3 is 0 Å². The smallest absolute Gasteiger partial charge is 0.221 e. The molecule has 0 aliphatic heterocycles. The molecule has 1 aliphatic carbocycles. The number of carbonyl (C=O) groups is 1. The van der Waals surface area contributed by atoms with Crippen molar-refractivity contribution in [1.29, 1.82) is 0 Å². The molecule has 1 fully saturated rings. The van der Waals surface area contributed by atoms with Gasteiger partial charge in [0, 0.05) is 18.2 Å². The highest BCUT2D eigenvalue weighted by atomic mass is 32.2. The van der Waals surface area contributed by atoms with Crippen molar-refractivity contribution in [1.82, 2.24) is 10.3 Å². The van der Waals surface area contributed by atoms with Gasteiger partial charge in [0.05, 0.1) is 16.0 Å². The topological polar surface area (TPSA) is 102 Å². The number of sulfone groups is 1. The van der Waals surface area contributed by atoms with E-state index in [1.165, 1.54) is 0 Å². The number of aromatic nitrogens is 1. The van der Waals surface area contributed by atoms with Crippen LogP contribution in [0.25, 0.3) is 10.2 Å². The Kier molecular flexibility index (Phi) is 3.58. The summed E-state index contributed by atoms with van der Waals surface area (Å²) < 4.78 is 25.2. The molecule has 0 radical (unpaired) electrons. The summed E-state index contributed by atoms with van der Waals surface area (Å²) in [6.45, 7) is 0. The number of rotatable bonds is 5. The molecule has 3 rings (SSSR count). The number of thiazole rings is 1. The van der Waals surface area contributed by atoms with Crippen LogP contribution < -0.4 is 11.1 Å². The minimum atomic E-state index is -3.54. The molecule has 1 aromatic carbocycles. The third kappa shape index (κ3) is 3.33. The zero-order valence-electron chi connectivity index (χ0n) is 11.2. The van der Waals surface area contributed by atoms with E-state index in [-0.39, 0.29) is 28.5 Å². The van der Waals surface area contributed by atoms with Crippen LogP contribution in [0.3, 0.4) is 0 Å². The minimum absolute atomic E-state index is 0.0309. The van der Waals surface area contributed by atoms with E-state index in [2.05, 4.69) is 10.3 Å². The molecule has 3 N–H and O–H groups in total. The zero-order chi connectivity index (χ0) is 15.0. The predicted molar refractivity (Wildman–Crippen MR) is 81.9 cm³/mol. The summed E-state index contributed by atoms with van der Waals surface area (Å²) >= 11 is 1.09. The number of fused-ring (bicyclic) bond motifs is 1. The van der Waals surface area contributed by atoms with Crippen LogP contribution in [0, 0.1) is 0 Å². The summed E-state index contributed by atoms with van der Waals surface area (Å²) in [6.07, 6.45) is 1.94.